The summed E-state index contributed by atoms with van der Waals surface area (Å²) >= 11 is 0. The molecule has 1 heterocycles. The number of hydrogen-bond acceptors (Lipinski definition) is 2. The van der Waals surface area contributed by atoms with Crippen LogP contribution in [0.25, 0.3) is 0 Å². The number of nitrogens with zero attached hydrogens (tertiary/aromatic N) is 2. The third-order valence-electron chi connectivity index (χ3n) is 3.23. The highest BCUT2D eigenvalue weighted by Gasteiger charge is 2.05. The fourth-order valence-electron chi connectivity index (χ4n) is 2.43. The molecule has 0 unspecified atom stereocenters. The summed E-state index contributed by atoms with van der Waals surface area (Å²) in [5.41, 5.74) is 6.38. The van der Waals surface area contributed by atoms with E-state index in [4.69, 9.17) is 0 Å². The number of benzene rings is 1. The van der Waals surface area contributed by atoms with Gasteiger partial charge in [-0.15, -0.1) is 0 Å². The van der Waals surface area contributed by atoms with Crippen LogP contribution in [0.5, 0.6) is 0 Å². The number of aryl methyl sites for hydroxylation is 4. The number of anilines is 1. The zero-order valence-corrected chi connectivity index (χ0v) is 11.6. The fraction of sp³-hybridized carbons (Fsp3) is 0.400. The van der Waals surface area contributed by atoms with E-state index in [1.54, 1.807) is 0 Å². The van der Waals surface area contributed by atoms with Crippen LogP contribution in [0.15, 0.2) is 24.4 Å². The lowest BCUT2D eigenvalue weighted by Gasteiger charge is -2.14. The first-order chi connectivity index (χ1) is 8.61. The van der Waals surface area contributed by atoms with Crippen LogP contribution in [-0.4, -0.2) is 9.78 Å². The Kier molecular flexibility index (Phi) is 3.70. The Morgan fingerprint density at radius 3 is 2.44 bits per heavy atom. The average Bonchev–Trinajstić information content (AvgIpc) is 2.75. The van der Waals surface area contributed by atoms with E-state index in [0.717, 1.165) is 13.1 Å². The van der Waals surface area contributed by atoms with Gasteiger partial charge in [-0.1, -0.05) is 17.7 Å². The van der Waals surface area contributed by atoms with Crippen molar-refractivity contribution in [3.8, 4) is 0 Å². The van der Waals surface area contributed by atoms with E-state index >= 15 is 0 Å². The van der Waals surface area contributed by atoms with E-state index < -0.39 is 0 Å². The molecular formula is C15H21N3. The summed E-state index contributed by atoms with van der Waals surface area (Å²) < 4.78 is 2.02. The Labute approximate surface area is 109 Å². The van der Waals surface area contributed by atoms with Crippen molar-refractivity contribution in [2.24, 2.45) is 0 Å². The second-order valence-electron chi connectivity index (χ2n) is 4.77. The molecule has 0 aliphatic carbocycles. The highest BCUT2D eigenvalue weighted by Crippen LogP contribution is 2.22. The van der Waals surface area contributed by atoms with Gasteiger partial charge in [-0.3, -0.25) is 4.68 Å². The van der Waals surface area contributed by atoms with Gasteiger partial charge in [0.2, 0.25) is 0 Å². The molecular weight excluding hydrogens is 222 g/mol. The second-order valence-corrected chi connectivity index (χ2v) is 4.77. The molecule has 2 rings (SSSR count). The molecule has 18 heavy (non-hydrogen) atoms. The highest BCUT2D eigenvalue weighted by atomic mass is 15.3. The van der Waals surface area contributed by atoms with Gasteiger partial charge in [0.05, 0.1) is 12.2 Å². The summed E-state index contributed by atoms with van der Waals surface area (Å²) in [6.45, 7) is 10.3. The molecule has 0 aliphatic rings. The molecule has 0 saturated heterocycles. The minimum atomic E-state index is 0.818. The summed E-state index contributed by atoms with van der Waals surface area (Å²) in [6, 6.07) is 6.49. The van der Waals surface area contributed by atoms with Gasteiger partial charge in [0, 0.05) is 18.4 Å². The van der Waals surface area contributed by atoms with E-state index in [9.17, 15) is 0 Å². The number of hydrogen-bond donors (Lipinski definition) is 1. The molecule has 1 aromatic heterocycles. The third kappa shape index (κ3) is 2.55. The Morgan fingerprint density at radius 2 is 1.83 bits per heavy atom. The van der Waals surface area contributed by atoms with E-state index in [-0.39, 0.29) is 0 Å². The fourth-order valence-corrected chi connectivity index (χ4v) is 2.43. The molecule has 0 saturated carbocycles. The molecule has 0 radical (unpaired) electrons. The standard InChI is InChI=1S/C15H21N3/c1-5-18-14(6-7-17-18)10-16-15-12(3)8-11(2)9-13(15)4/h6-9,16H,5,10H2,1-4H3. The third-order valence-corrected chi connectivity index (χ3v) is 3.23. The first-order valence-corrected chi connectivity index (χ1v) is 6.44. The average molecular weight is 243 g/mol. The summed E-state index contributed by atoms with van der Waals surface area (Å²) in [5.74, 6) is 0. The molecule has 1 N–H and O–H groups in total. The van der Waals surface area contributed by atoms with Crippen LogP contribution in [0.2, 0.25) is 0 Å². The predicted molar refractivity (Wildman–Crippen MR) is 75.9 cm³/mol. The number of rotatable bonds is 4. The van der Waals surface area contributed by atoms with Crippen molar-refractivity contribution in [1.82, 2.24) is 9.78 Å². The lowest BCUT2D eigenvalue weighted by atomic mass is 10.1. The number of aromatic nitrogens is 2. The Morgan fingerprint density at radius 1 is 1.17 bits per heavy atom. The minimum absolute atomic E-state index is 0.818. The summed E-state index contributed by atoms with van der Waals surface area (Å²) in [5, 5.41) is 7.81. The monoisotopic (exact) mass is 243 g/mol. The topological polar surface area (TPSA) is 29.9 Å². The number of nitrogens with one attached hydrogen (secondary N) is 1. The van der Waals surface area contributed by atoms with E-state index in [1.807, 2.05) is 10.9 Å². The van der Waals surface area contributed by atoms with E-state index in [1.165, 1.54) is 28.1 Å². The molecule has 0 amide bonds. The van der Waals surface area contributed by atoms with Crippen molar-refractivity contribution in [3.63, 3.8) is 0 Å². The molecule has 1 aromatic carbocycles. The maximum atomic E-state index is 4.28. The molecule has 0 aliphatic heterocycles. The maximum absolute atomic E-state index is 4.28. The van der Waals surface area contributed by atoms with E-state index in [0.29, 0.717) is 0 Å². The minimum Gasteiger partial charge on any atom is -0.379 e. The van der Waals surface area contributed by atoms with Gasteiger partial charge in [0.1, 0.15) is 0 Å². The molecule has 96 valence electrons. The van der Waals surface area contributed by atoms with Gasteiger partial charge in [0.15, 0.2) is 0 Å². The molecule has 3 nitrogen and oxygen atoms in total. The first-order valence-electron chi connectivity index (χ1n) is 6.44. The van der Waals surface area contributed by atoms with Gasteiger partial charge in [-0.05, 0) is 44.9 Å². The zero-order chi connectivity index (χ0) is 13.1. The van der Waals surface area contributed by atoms with Crippen LogP contribution in [0.1, 0.15) is 29.3 Å². The smallest absolute Gasteiger partial charge is 0.0575 e. The lowest BCUT2D eigenvalue weighted by Crippen LogP contribution is -2.09. The first kappa shape index (κ1) is 12.7. The highest BCUT2D eigenvalue weighted by molar-refractivity contribution is 5.58. The SMILES string of the molecule is CCn1nccc1CNc1c(C)cc(C)cc1C. The van der Waals surface area contributed by atoms with Gasteiger partial charge in [0.25, 0.3) is 0 Å². The maximum Gasteiger partial charge on any atom is 0.0575 e. The van der Waals surface area contributed by atoms with Crippen LogP contribution < -0.4 is 5.32 Å². The zero-order valence-electron chi connectivity index (χ0n) is 11.6. The van der Waals surface area contributed by atoms with Crippen LogP contribution >= 0.6 is 0 Å². The van der Waals surface area contributed by atoms with Crippen LogP contribution in [0, 0.1) is 20.8 Å². The van der Waals surface area contributed by atoms with Gasteiger partial charge >= 0.3 is 0 Å². The van der Waals surface area contributed by atoms with Crippen LogP contribution in [0.4, 0.5) is 5.69 Å². The van der Waals surface area contributed by atoms with Crippen molar-refractivity contribution in [2.45, 2.75) is 40.8 Å². The van der Waals surface area contributed by atoms with Gasteiger partial charge < -0.3 is 5.32 Å². The summed E-state index contributed by atoms with van der Waals surface area (Å²) in [7, 11) is 0. The van der Waals surface area contributed by atoms with Crippen molar-refractivity contribution in [3.05, 3.63) is 46.8 Å². The van der Waals surface area contributed by atoms with E-state index in [2.05, 4.69) is 56.3 Å². The predicted octanol–water partition coefficient (Wildman–Crippen LogP) is 3.44. The molecule has 3 heteroatoms. The largest absolute Gasteiger partial charge is 0.379 e. The molecule has 0 spiro atoms. The second kappa shape index (κ2) is 5.25. The van der Waals surface area contributed by atoms with Crippen molar-refractivity contribution < 1.29 is 0 Å². The Bertz CT molecular complexity index is 517. The molecule has 2 aromatic rings. The van der Waals surface area contributed by atoms with Crippen molar-refractivity contribution >= 4 is 5.69 Å². The molecule has 0 fully saturated rings. The Hall–Kier alpha value is -1.77. The van der Waals surface area contributed by atoms with Gasteiger partial charge in [-0.2, -0.15) is 5.10 Å². The van der Waals surface area contributed by atoms with Gasteiger partial charge in [-0.25, -0.2) is 0 Å². The summed E-state index contributed by atoms with van der Waals surface area (Å²) in [4.78, 5) is 0. The van der Waals surface area contributed by atoms with Crippen molar-refractivity contribution in [2.75, 3.05) is 5.32 Å². The lowest BCUT2D eigenvalue weighted by molar-refractivity contribution is 0.627. The molecule has 0 atom stereocenters. The summed E-state index contributed by atoms with van der Waals surface area (Å²) in [6.07, 6.45) is 1.86. The molecule has 0 bridgehead atoms. The normalized spacial score (nSPS) is 10.7. The quantitative estimate of drug-likeness (QED) is 0.891. The van der Waals surface area contributed by atoms with Crippen LogP contribution in [0.3, 0.4) is 0 Å². The van der Waals surface area contributed by atoms with Crippen molar-refractivity contribution in [1.29, 1.82) is 0 Å². The Balaban J connectivity index is 2.16. The van der Waals surface area contributed by atoms with Crippen LogP contribution in [-0.2, 0) is 13.1 Å².